The van der Waals surface area contributed by atoms with E-state index in [0.717, 1.165) is 13.0 Å². The van der Waals surface area contributed by atoms with Gasteiger partial charge in [0.15, 0.2) is 0 Å². The smallest absolute Gasteiger partial charge is 0.316 e. The Balaban J connectivity index is 2.03. The molecule has 0 saturated carbocycles. The SMILES string of the molecule is CONC(=O)N1CC[C@@H]1c1ccccc1. The molecule has 2 rings (SSSR count). The highest BCUT2D eigenvalue weighted by atomic mass is 16.6. The maximum absolute atomic E-state index is 11.5. The van der Waals surface area contributed by atoms with Gasteiger partial charge in [0.25, 0.3) is 0 Å². The molecule has 1 saturated heterocycles. The number of hydroxylamine groups is 1. The van der Waals surface area contributed by atoms with Gasteiger partial charge < -0.3 is 4.90 Å². The number of carbonyl (C=O) groups is 1. The van der Waals surface area contributed by atoms with Crippen molar-refractivity contribution in [3.63, 3.8) is 0 Å². The molecule has 1 N–H and O–H groups in total. The minimum Gasteiger partial charge on any atom is -0.316 e. The van der Waals surface area contributed by atoms with Crippen LogP contribution in [-0.2, 0) is 4.84 Å². The van der Waals surface area contributed by atoms with E-state index in [1.807, 2.05) is 30.3 Å². The molecule has 1 aliphatic heterocycles. The van der Waals surface area contributed by atoms with E-state index in [0.29, 0.717) is 0 Å². The van der Waals surface area contributed by atoms with Crippen molar-refractivity contribution in [2.45, 2.75) is 12.5 Å². The van der Waals surface area contributed by atoms with Crippen molar-refractivity contribution in [1.82, 2.24) is 10.4 Å². The van der Waals surface area contributed by atoms with Crippen molar-refractivity contribution in [1.29, 1.82) is 0 Å². The van der Waals surface area contributed by atoms with E-state index in [4.69, 9.17) is 0 Å². The summed E-state index contributed by atoms with van der Waals surface area (Å²) in [6, 6.07) is 10.1. The summed E-state index contributed by atoms with van der Waals surface area (Å²) in [5.74, 6) is 0. The quantitative estimate of drug-likeness (QED) is 0.748. The molecule has 4 nitrogen and oxygen atoms in total. The van der Waals surface area contributed by atoms with Gasteiger partial charge >= 0.3 is 6.03 Å². The molecule has 1 aromatic carbocycles. The fraction of sp³-hybridized carbons (Fsp3) is 0.364. The van der Waals surface area contributed by atoms with Crippen LogP contribution in [-0.4, -0.2) is 24.6 Å². The zero-order valence-corrected chi connectivity index (χ0v) is 8.64. The van der Waals surface area contributed by atoms with Gasteiger partial charge in [-0.15, -0.1) is 0 Å². The molecule has 15 heavy (non-hydrogen) atoms. The first-order valence-electron chi connectivity index (χ1n) is 4.97. The van der Waals surface area contributed by atoms with Gasteiger partial charge in [0.2, 0.25) is 0 Å². The standard InChI is InChI=1S/C11H14N2O2/c1-15-12-11(14)13-8-7-10(13)9-5-3-2-4-6-9/h2-6,10H,7-8H2,1H3,(H,12,14)/t10-/m1/s1. The highest BCUT2D eigenvalue weighted by molar-refractivity contribution is 5.74. The largest absolute Gasteiger partial charge is 0.341 e. The predicted molar refractivity (Wildman–Crippen MR) is 56.0 cm³/mol. The molecular formula is C11H14N2O2. The van der Waals surface area contributed by atoms with E-state index in [1.54, 1.807) is 4.90 Å². The number of nitrogens with one attached hydrogen (secondary N) is 1. The van der Waals surface area contributed by atoms with E-state index >= 15 is 0 Å². The number of rotatable bonds is 2. The monoisotopic (exact) mass is 206 g/mol. The summed E-state index contributed by atoms with van der Waals surface area (Å²) in [5.41, 5.74) is 3.51. The topological polar surface area (TPSA) is 41.6 Å². The highest BCUT2D eigenvalue weighted by Gasteiger charge is 2.33. The second kappa shape index (κ2) is 4.31. The Morgan fingerprint density at radius 3 is 2.73 bits per heavy atom. The number of likely N-dealkylation sites (tertiary alicyclic amines) is 1. The summed E-state index contributed by atoms with van der Waals surface area (Å²) in [6.07, 6.45) is 1.02. The molecule has 0 bridgehead atoms. The molecule has 1 atom stereocenters. The molecule has 2 amide bonds. The van der Waals surface area contributed by atoms with Crippen LogP contribution in [0.15, 0.2) is 30.3 Å². The van der Waals surface area contributed by atoms with E-state index in [9.17, 15) is 4.79 Å². The number of amides is 2. The molecule has 1 aliphatic rings. The molecule has 0 aliphatic carbocycles. The van der Waals surface area contributed by atoms with Crippen molar-refractivity contribution in [3.05, 3.63) is 35.9 Å². The number of benzene rings is 1. The molecule has 4 heteroatoms. The molecule has 1 aromatic rings. The van der Waals surface area contributed by atoms with Gasteiger partial charge in [0.05, 0.1) is 13.2 Å². The van der Waals surface area contributed by atoms with E-state index < -0.39 is 0 Å². The second-order valence-electron chi connectivity index (χ2n) is 3.52. The van der Waals surface area contributed by atoms with E-state index in [-0.39, 0.29) is 12.1 Å². The highest BCUT2D eigenvalue weighted by Crippen LogP contribution is 2.32. The van der Waals surface area contributed by atoms with Gasteiger partial charge in [-0.2, -0.15) is 0 Å². The van der Waals surface area contributed by atoms with E-state index in [1.165, 1.54) is 12.7 Å². The lowest BCUT2D eigenvalue weighted by atomic mass is 9.95. The van der Waals surface area contributed by atoms with Crippen LogP contribution in [0.1, 0.15) is 18.0 Å². The van der Waals surface area contributed by atoms with Crippen molar-refractivity contribution < 1.29 is 9.63 Å². The average Bonchev–Trinajstić information content (AvgIpc) is 2.18. The Bertz CT molecular complexity index is 340. The van der Waals surface area contributed by atoms with Crippen molar-refractivity contribution in [2.75, 3.05) is 13.7 Å². The van der Waals surface area contributed by atoms with Gasteiger partial charge in [0.1, 0.15) is 0 Å². The number of hydrogen-bond donors (Lipinski definition) is 1. The van der Waals surface area contributed by atoms with Crippen molar-refractivity contribution in [2.24, 2.45) is 0 Å². The van der Waals surface area contributed by atoms with E-state index in [2.05, 4.69) is 10.3 Å². The third-order valence-corrected chi connectivity index (χ3v) is 2.65. The summed E-state index contributed by atoms with van der Waals surface area (Å²) in [5, 5.41) is 0. The maximum atomic E-state index is 11.5. The molecular weight excluding hydrogens is 192 g/mol. The van der Waals surface area contributed by atoms with Crippen LogP contribution in [0.5, 0.6) is 0 Å². The fourth-order valence-corrected chi connectivity index (χ4v) is 1.80. The van der Waals surface area contributed by atoms with Crippen LogP contribution in [0.3, 0.4) is 0 Å². The lowest BCUT2D eigenvalue weighted by Crippen LogP contribution is -2.49. The Morgan fingerprint density at radius 1 is 1.47 bits per heavy atom. The van der Waals surface area contributed by atoms with Crippen LogP contribution in [0.2, 0.25) is 0 Å². The predicted octanol–water partition coefficient (Wildman–Crippen LogP) is 1.70. The molecule has 0 radical (unpaired) electrons. The van der Waals surface area contributed by atoms with Crippen LogP contribution in [0.25, 0.3) is 0 Å². The first kappa shape index (κ1) is 9.98. The van der Waals surface area contributed by atoms with Gasteiger partial charge in [-0.1, -0.05) is 30.3 Å². The lowest BCUT2D eigenvalue weighted by Gasteiger charge is -2.40. The zero-order chi connectivity index (χ0) is 10.7. The Hall–Kier alpha value is -1.55. The average molecular weight is 206 g/mol. The summed E-state index contributed by atoms with van der Waals surface area (Å²) in [7, 11) is 1.44. The van der Waals surface area contributed by atoms with Gasteiger partial charge in [-0.25, -0.2) is 10.3 Å². The maximum Gasteiger partial charge on any atom is 0.341 e. The van der Waals surface area contributed by atoms with Crippen molar-refractivity contribution >= 4 is 6.03 Å². The molecule has 80 valence electrons. The molecule has 1 fully saturated rings. The number of hydrogen-bond acceptors (Lipinski definition) is 2. The molecule has 0 unspecified atom stereocenters. The summed E-state index contributed by atoms with van der Waals surface area (Å²) < 4.78 is 0. The normalized spacial score (nSPS) is 19.5. The van der Waals surface area contributed by atoms with Crippen molar-refractivity contribution in [3.8, 4) is 0 Å². The van der Waals surface area contributed by atoms with Crippen LogP contribution < -0.4 is 5.48 Å². The summed E-state index contributed by atoms with van der Waals surface area (Å²) >= 11 is 0. The van der Waals surface area contributed by atoms with Crippen LogP contribution in [0, 0.1) is 0 Å². The third kappa shape index (κ3) is 1.94. The van der Waals surface area contributed by atoms with Crippen LogP contribution in [0.4, 0.5) is 4.79 Å². The Labute approximate surface area is 88.8 Å². The van der Waals surface area contributed by atoms with Crippen LogP contribution >= 0.6 is 0 Å². The summed E-state index contributed by atoms with van der Waals surface area (Å²) in [4.78, 5) is 17.9. The molecule has 0 aromatic heterocycles. The minimum absolute atomic E-state index is 0.169. The van der Waals surface area contributed by atoms with Gasteiger partial charge in [0, 0.05) is 6.54 Å². The minimum atomic E-state index is -0.169. The van der Waals surface area contributed by atoms with Gasteiger partial charge in [-0.05, 0) is 12.0 Å². The second-order valence-corrected chi connectivity index (χ2v) is 3.52. The third-order valence-electron chi connectivity index (χ3n) is 2.65. The zero-order valence-electron chi connectivity index (χ0n) is 8.64. The first-order chi connectivity index (χ1) is 7.33. The molecule has 0 spiro atoms. The number of nitrogens with zero attached hydrogens (tertiary/aromatic N) is 1. The molecule has 1 heterocycles. The Kier molecular flexibility index (Phi) is 2.87. The van der Waals surface area contributed by atoms with Gasteiger partial charge in [-0.3, -0.25) is 4.84 Å². The summed E-state index contributed by atoms with van der Waals surface area (Å²) in [6.45, 7) is 0.786. The first-order valence-corrected chi connectivity index (χ1v) is 4.97. The number of carbonyl (C=O) groups excluding carboxylic acids is 1. The lowest BCUT2D eigenvalue weighted by molar-refractivity contribution is 0.0528. The fourth-order valence-electron chi connectivity index (χ4n) is 1.80. The number of urea groups is 1. The Morgan fingerprint density at radius 2 is 2.20 bits per heavy atom.